The number of hydrogen-bond acceptors (Lipinski definition) is 3. The lowest BCUT2D eigenvalue weighted by atomic mass is 10.1. The predicted octanol–water partition coefficient (Wildman–Crippen LogP) is 1.06. The SMILES string of the molecule is COc1ccccc1CNC1CCNC(=O)C1. The van der Waals surface area contributed by atoms with Gasteiger partial charge in [-0.1, -0.05) is 18.2 Å². The minimum atomic E-state index is 0.133. The van der Waals surface area contributed by atoms with Gasteiger partial charge in [0.15, 0.2) is 0 Å². The molecule has 1 aliphatic heterocycles. The number of carbonyl (C=O) groups is 1. The van der Waals surface area contributed by atoms with E-state index in [0.29, 0.717) is 6.42 Å². The summed E-state index contributed by atoms with van der Waals surface area (Å²) in [5.74, 6) is 1.02. The van der Waals surface area contributed by atoms with Gasteiger partial charge in [0, 0.05) is 31.1 Å². The minimum Gasteiger partial charge on any atom is -0.496 e. The van der Waals surface area contributed by atoms with Gasteiger partial charge in [-0.25, -0.2) is 0 Å². The number of hydrogen-bond donors (Lipinski definition) is 2. The highest BCUT2D eigenvalue weighted by Crippen LogP contribution is 2.17. The average Bonchev–Trinajstić information content (AvgIpc) is 2.37. The summed E-state index contributed by atoms with van der Waals surface area (Å²) in [7, 11) is 1.67. The van der Waals surface area contributed by atoms with Crippen molar-refractivity contribution in [3.8, 4) is 5.75 Å². The van der Waals surface area contributed by atoms with E-state index in [1.54, 1.807) is 7.11 Å². The fourth-order valence-electron chi connectivity index (χ4n) is 2.06. The molecular formula is C13H18N2O2. The standard InChI is InChI=1S/C13H18N2O2/c1-17-12-5-3-2-4-10(12)9-15-11-6-7-14-13(16)8-11/h2-5,11,15H,6-9H2,1H3,(H,14,16). The van der Waals surface area contributed by atoms with Crippen molar-refractivity contribution in [2.75, 3.05) is 13.7 Å². The normalized spacial score (nSPS) is 19.8. The van der Waals surface area contributed by atoms with Crippen molar-refractivity contribution < 1.29 is 9.53 Å². The van der Waals surface area contributed by atoms with E-state index in [4.69, 9.17) is 4.74 Å². The van der Waals surface area contributed by atoms with Gasteiger partial charge < -0.3 is 15.4 Å². The summed E-state index contributed by atoms with van der Waals surface area (Å²) in [5, 5.41) is 6.23. The van der Waals surface area contributed by atoms with E-state index in [9.17, 15) is 4.79 Å². The second-order valence-electron chi connectivity index (χ2n) is 4.23. The summed E-state index contributed by atoms with van der Waals surface area (Å²) < 4.78 is 5.29. The maximum absolute atomic E-state index is 11.2. The predicted molar refractivity (Wildman–Crippen MR) is 65.9 cm³/mol. The molecule has 4 heteroatoms. The first-order valence-electron chi connectivity index (χ1n) is 5.91. The highest BCUT2D eigenvalue weighted by atomic mass is 16.5. The van der Waals surface area contributed by atoms with Gasteiger partial charge in [0.1, 0.15) is 5.75 Å². The minimum absolute atomic E-state index is 0.133. The maximum atomic E-state index is 11.2. The van der Waals surface area contributed by atoms with Crippen LogP contribution in [0.4, 0.5) is 0 Å². The Balaban J connectivity index is 1.90. The number of ether oxygens (including phenoxy) is 1. The fraction of sp³-hybridized carbons (Fsp3) is 0.462. The molecule has 0 saturated carbocycles. The third kappa shape index (κ3) is 3.20. The van der Waals surface area contributed by atoms with Crippen LogP contribution < -0.4 is 15.4 Å². The molecule has 2 rings (SSSR count). The molecule has 1 saturated heterocycles. The zero-order chi connectivity index (χ0) is 12.1. The molecule has 0 aliphatic carbocycles. The molecule has 1 aromatic rings. The van der Waals surface area contributed by atoms with E-state index >= 15 is 0 Å². The van der Waals surface area contributed by atoms with Crippen LogP contribution in [-0.2, 0) is 11.3 Å². The summed E-state index contributed by atoms with van der Waals surface area (Å²) in [4.78, 5) is 11.2. The molecule has 17 heavy (non-hydrogen) atoms. The lowest BCUT2D eigenvalue weighted by Gasteiger charge is -2.23. The lowest BCUT2D eigenvalue weighted by molar-refractivity contribution is -0.122. The summed E-state index contributed by atoms with van der Waals surface area (Å²) in [6, 6.07) is 8.21. The molecular weight excluding hydrogens is 216 g/mol. The van der Waals surface area contributed by atoms with Crippen LogP contribution in [0.5, 0.6) is 5.75 Å². The largest absolute Gasteiger partial charge is 0.496 e. The van der Waals surface area contributed by atoms with Gasteiger partial charge >= 0.3 is 0 Å². The van der Waals surface area contributed by atoms with E-state index < -0.39 is 0 Å². The Morgan fingerprint density at radius 1 is 1.47 bits per heavy atom. The number of piperidine rings is 1. The number of benzene rings is 1. The Labute approximate surface area is 101 Å². The average molecular weight is 234 g/mol. The first-order chi connectivity index (χ1) is 8.29. The molecule has 1 heterocycles. The van der Waals surface area contributed by atoms with Gasteiger partial charge in [0.2, 0.25) is 5.91 Å². The topological polar surface area (TPSA) is 50.4 Å². The van der Waals surface area contributed by atoms with Crippen LogP contribution in [0, 0.1) is 0 Å². The zero-order valence-electron chi connectivity index (χ0n) is 10.0. The monoisotopic (exact) mass is 234 g/mol. The molecule has 0 spiro atoms. The first-order valence-corrected chi connectivity index (χ1v) is 5.91. The van der Waals surface area contributed by atoms with Crippen LogP contribution in [0.1, 0.15) is 18.4 Å². The van der Waals surface area contributed by atoms with Crippen LogP contribution in [0.2, 0.25) is 0 Å². The molecule has 92 valence electrons. The van der Waals surface area contributed by atoms with Crippen molar-refractivity contribution in [1.82, 2.24) is 10.6 Å². The summed E-state index contributed by atoms with van der Waals surface area (Å²) in [6.07, 6.45) is 1.55. The molecule has 0 radical (unpaired) electrons. The Morgan fingerprint density at radius 3 is 3.06 bits per heavy atom. The van der Waals surface area contributed by atoms with Crippen LogP contribution in [0.15, 0.2) is 24.3 Å². The number of rotatable bonds is 4. The Hall–Kier alpha value is -1.55. The van der Waals surface area contributed by atoms with Crippen molar-refractivity contribution in [1.29, 1.82) is 0 Å². The Morgan fingerprint density at radius 2 is 2.29 bits per heavy atom. The van der Waals surface area contributed by atoms with Gasteiger partial charge in [-0.2, -0.15) is 0 Å². The molecule has 1 unspecified atom stereocenters. The third-order valence-electron chi connectivity index (χ3n) is 3.02. The Bertz CT molecular complexity index is 393. The van der Waals surface area contributed by atoms with Gasteiger partial charge in [0.05, 0.1) is 7.11 Å². The Kier molecular flexibility index (Phi) is 3.98. The third-order valence-corrected chi connectivity index (χ3v) is 3.02. The van der Waals surface area contributed by atoms with E-state index in [1.165, 1.54) is 0 Å². The quantitative estimate of drug-likeness (QED) is 0.819. The number of amides is 1. The summed E-state index contributed by atoms with van der Waals surface area (Å²) >= 11 is 0. The molecule has 1 fully saturated rings. The number of para-hydroxylation sites is 1. The number of methoxy groups -OCH3 is 1. The molecule has 2 N–H and O–H groups in total. The summed E-state index contributed by atoms with van der Waals surface area (Å²) in [6.45, 7) is 1.50. The van der Waals surface area contributed by atoms with Gasteiger partial charge in [-0.3, -0.25) is 4.79 Å². The van der Waals surface area contributed by atoms with Crippen LogP contribution in [0.25, 0.3) is 0 Å². The van der Waals surface area contributed by atoms with Gasteiger partial charge in [-0.05, 0) is 12.5 Å². The van der Waals surface area contributed by atoms with Crippen molar-refractivity contribution in [3.63, 3.8) is 0 Å². The maximum Gasteiger partial charge on any atom is 0.221 e. The van der Waals surface area contributed by atoms with Crippen molar-refractivity contribution >= 4 is 5.91 Å². The lowest BCUT2D eigenvalue weighted by Crippen LogP contribution is -2.43. The second kappa shape index (κ2) is 5.68. The molecule has 1 aromatic carbocycles. The molecule has 0 aromatic heterocycles. The van der Waals surface area contributed by atoms with E-state index in [2.05, 4.69) is 10.6 Å². The molecule has 4 nitrogen and oxygen atoms in total. The van der Waals surface area contributed by atoms with Crippen LogP contribution in [0.3, 0.4) is 0 Å². The smallest absolute Gasteiger partial charge is 0.221 e. The van der Waals surface area contributed by atoms with E-state index in [0.717, 1.165) is 30.8 Å². The molecule has 1 aliphatic rings. The highest BCUT2D eigenvalue weighted by Gasteiger charge is 2.18. The molecule has 1 amide bonds. The van der Waals surface area contributed by atoms with Crippen molar-refractivity contribution in [2.24, 2.45) is 0 Å². The number of nitrogens with one attached hydrogen (secondary N) is 2. The molecule has 1 atom stereocenters. The van der Waals surface area contributed by atoms with E-state index in [-0.39, 0.29) is 11.9 Å². The van der Waals surface area contributed by atoms with E-state index in [1.807, 2.05) is 24.3 Å². The van der Waals surface area contributed by atoms with Crippen LogP contribution >= 0.6 is 0 Å². The van der Waals surface area contributed by atoms with Crippen molar-refractivity contribution in [2.45, 2.75) is 25.4 Å². The van der Waals surface area contributed by atoms with Gasteiger partial charge in [0.25, 0.3) is 0 Å². The summed E-state index contributed by atoms with van der Waals surface area (Å²) in [5.41, 5.74) is 1.13. The number of carbonyl (C=O) groups excluding carboxylic acids is 1. The van der Waals surface area contributed by atoms with Gasteiger partial charge in [-0.15, -0.1) is 0 Å². The highest BCUT2D eigenvalue weighted by molar-refractivity contribution is 5.77. The first kappa shape index (κ1) is 11.9. The van der Waals surface area contributed by atoms with Crippen molar-refractivity contribution in [3.05, 3.63) is 29.8 Å². The zero-order valence-corrected chi connectivity index (χ0v) is 10.0. The molecule has 0 bridgehead atoms. The van der Waals surface area contributed by atoms with Crippen LogP contribution in [-0.4, -0.2) is 25.6 Å². The second-order valence-corrected chi connectivity index (χ2v) is 4.23. The fourth-order valence-corrected chi connectivity index (χ4v) is 2.06.